The van der Waals surface area contributed by atoms with E-state index in [-0.39, 0.29) is 44.6 Å². The summed E-state index contributed by atoms with van der Waals surface area (Å²) in [5, 5.41) is 117. The quantitative estimate of drug-likeness (QED) is 0.0366. The molecule has 0 aliphatic carbocycles. The number of aromatic nitrogens is 8. The summed E-state index contributed by atoms with van der Waals surface area (Å²) in [5.41, 5.74) is -2.85. The van der Waals surface area contributed by atoms with Crippen molar-refractivity contribution in [3.63, 3.8) is 0 Å². The number of hydrogen-bond acceptors (Lipinski definition) is 24. The predicted molar refractivity (Wildman–Crippen MR) is 362 cm³/mol. The molecule has 0 amide bonds. The highest BCUT2D eigenvalue weighted by atomic mass is 35.5. The molecule has 4 aromatic carbocycles. The monoisotopic (exact) mass is 1510 g/mol. The van der Waals surface area contributed by atoms with Crippen LogP contribution in [0.25, 0.3) is 0 Å². The van der Waals surface area contributed by atoms with Gasteiger partial charge >= 0.3 is 22.8 Å². The van der Waals surface area contributed by atoms with Crippen molar-refractivity contribution in [2.45, 2.75) is 150 Å². The third-order valence-corrected chi connectivity index (χ3v) is 18.3. The zero-order valence-corrected chi connectivity index (χ0v) is 56.7. The predicted octanol–water partition coefficient (Wildman–Crippen LogP) is -2.82. The second-order valence-electron chi connectivity index (χ2n) is 24.5. The zero-order chi connectivity index (χ0) is 76.2. The van der Waals surface area contributed by atoms with Gasteiger partial charge in [0.1, 0.15) is 90.7 Å². The van der Waals surface area contributed by atoms with Gasteiger partial charge in [-0.25, -0.2) is 32.3 Å². The van der Waals surface area contributed by atoms with E-state index in [1.165, 1.54) is 36.7 Å². The van der Waals surface area contributed by atoms with Crippen LogP contribution in [0.3, 0.4) is 0 Å². The van der Waals surface area contributed by atoms with E-state index in [1.807, 2.05) is 6.07 Å². The first-order valence-electron chi connectivity index (χ1n) is 32.6. The van der Waals surface area contributed by atoms with Gasteiger partial charge in [-0.1, -0.05) is 71.7 Å². The Kier molecular flexibility index (Phi) is 27.6. The van der Waals surface area contributed by atoms with Crippen molar-refractivity contribution in [2.75, 3.05) is 26.4 Å². The molecule has 4 aromatic heterocycles. The summed E-state index contributed by atoms with van der Waals surface area (Å²) in [6.07, 6.45) is -14.6. The molecule has 4 unspecified atom stereocenters. The van der Waals surface area contributed by atoms with Crippen molar-refractivity contribution in [3.8, 4) is 0 Å². The first kappa shape index (κ1) is 80.4. The van der Waals surface area contributed by atoms with Gasteiger partial charge in [-0.05, 0) is 84.3 Å². The summed E-state index contributed by atoms with van der Waals surface area (Å²) < 4.78 is 69.5. The largest absolute Gasteiger partial charge is 0.394 e. The van der Waals surface area contributed by atoms with Gasteiger partial charge in [-0.3, -0.25) is 55.7 Å². The topological polar surface area (TPSA) is 456 Å². The molecule has 4 fully saturated rings. The van der Waals surface area contributed by atoms with Gasteiger partial charge in [0.25, 0.3) is 22.2 Å². The van der Waals surface area contributed by atoms with E-state index in [4.69, 9.17) is 57.5 Å². The summed E-state index contributed by atoms with van der Waals surface area (Å²) in [6, 6.07) is 27.8. The second kappa shape index (κ2) is 36.1. The minimum atomic E-state index is -1.49. The summed E-state index contributed by atoms with van der Waals surface area (Å²) in [4.78, 5) is 98.9. The van der Waals surface area contributed by atoms with Crippen LogP contribution in [0.15, 0.2) is 178 Å². The van der Waals surface area contributed by atoms with E-state index in [0.717, 1.165) is 78.3 Å². The number of aryl methyl sites for hydroxylation is 4. The molecular weight excluding hydrogens is 1440 g/mol. The minimum absolute atomic E-state index is 0.0404. The Hall–Kier alpha value is -8.67. The molecule has 0 bridgehead atoms. The molecule has 0 spiro atoms. The van der Waals surface area contributed by atoms with Gasteiger partial charge in [0.2, 0.25) is 0 Å². The molecule has 8 aromatic rings. The number of rotatable bonds is 20. The van der Waals surface area contributed by atoms with Gasteiger partial charge in [-0.2, -0.15) is 0 Å². The highest BCUT2D eigenvalue weighted by Crippen LogP contribution is 2.31. The molecule has 105 heavy (non-hydrogen) atoms. The second-order valence-corrected chi connectivity index (χ2v) is 25.4. The summed E-state index contributed by atoms with van der Waals surface area (Å²) in [7, 11) is 0. The lowest BCUT2D eigenvalue weighted by molar-refractivity contribution is -0.0556. The van der Waals surface area contributed by atoms with Crippen LogP contribution in [0.4, 0.5) is 13.2 Å². The maximum Gasteiger partial charge on any atom is 0.333 e. The Morgan fingerprint density at radius 2 is 0.667 bits per heavy atom. The fourth-order valence-corrected chi connectivity index (χ4v) is 12.2. The molecule has 12 N–H and O–H groups in total. The maximum atomic E-state index is 13.7. The normalized spacial score (nSPS) is 25.4. The highest BCUT2D eigenvalue weighted by molar-refractivity contribution is 6.30. The van der Waals surface area contributed by atoms with Crippen LogP contribution in [0.5, 0.6) is 0 Å². The van der Waals surface area contributed by atoms with Crippen LogP contribution in [0.1, 0.15) is 47.2 Å². The van der Waals surface area contributed by atoms with Crippen LogP contribution in [-0.4, -0.2) is 197 Å². The number of benzene rings is 4. The smallest absolute Gasteiger partial charge is 0.333 e. The lowest BCUT2D eigenvalue weighted by atomic mass is 10.1. The molecule has 0 radical (unpaired) electrons. The molecule has 16 atom stereocenters. The summed E-state index contributed by atoms with van der Waals surface area (Å²) in [6.45, 7) is -2.09. The first-order valence-corrected chi connectivity index (χ1v) is 33.3. The molecule has 0 saturated carbocycles. The van der Waals surface area contributed by atoms with Gasteiger partial charge in [0.15, 0.2) is 24.9 Å². The van der Waals surface area contributed by atoms with E-state index >= 15 is 0 Å². The Labute approximate surface area is 600 Å². The van der Waals surface area contributed by atoms with E-state index in [2.05, 4.69) is 0 Å². The molecule has 8 heterocycles. The lowest BCUT2D eigenvalue weighted by Crippen LogP contribution is -2.43. The third kappa shape index (κ3) is 18.6. The minimum Gasteiger partial charge on any atom is -0.394 e. The summed E-state index contributed by atoms with van der Waals surface area (Å²) in [5.74, 6) is -1.96. The molecule has 4 aliphatic rings. The summed E-state index contributed by atoms with van der Waals surface area (Å²) >= 11 is 11.8. The molecule has 37 heteroatoms. The van der Waals surface area contributed by atoms with E-state index in [0.29, 0.717) is 34.5 Å². The van der Waals surface area contributed by atoms with Crippen molar-refractivity contribution in [1.82, 2.24) is 36.5 Å². The highest BCUT2D eigenvalue weighted by Gasteiger charge is 2.47. The molecule has 566 valence electrons. The Balaban J connectivity index is 0.000000162. The maximum absolute atomic E-state index is 13.7. The first-order chi connectivity index (χ1) is 50.1. The van der Waals surface area contributed by atoms with Crippen molar-refractivity contribution < 1.29 is 93.4 Å². The Bertz CT molecular complexity index is 4810. The molecule has 12 rings (SSSR count). The van der Waals surface area contributed by atoms with Gasteiger partial charge < -0.3 is 80.2 Å². The van der Waals surface area contributed by atoms with E-state index in [9.17, 15) is 97.5 Å². The zero-order valence-electron chi connectivity index (χ0n) is 55.2. The molecule has 32 nitrogen and oxygen atoms in total. The number of aliphatic hydroxyl groups is 12. The van der Waals surface area contributed by atoms with Gasteiger partial charge in [0.05, 0.1) is 26.4 Å². The van der Waals surface area contributed by atoms with Crippen LogP contribution < -0.4 is 45.0 Å². The number of aliphatic hydroxyl groups excluding tert-OH is 12. The Morgan fingerprint density at radius 3 is 0.990 bits per heavy atom. The molecular formula is C68H75Cl2F3N8O24. The van der Waals surface area contributed by atoms with E-state index < -0.39 is 187 Å². The van der Waals surface area contributed by atoms with Crippen molar-refractivity contribution in [1.29, 1.82) is 0 Å². The van der Waals surface area contributed by atoms with Gasteiger partial charge in [0, 0.05) is 91.3 Å². The van der Waals surface area contributed by atoms with Crippen molar-refractivity contribution in [2.24, 2.45) is 0 Å². The Morgan fingerprint density at radius 1 is 0.333 bits per heavy atom. The molecule has 4 saturated heterocycles. The van der Waals surface area contributed by atoms with Crippen LogP contribution in [-0.2, 0) is 70.8 Å². The van der Waals surface area contributed by atoms with Gasteiger partial charge in [-0.15, -0.1) is 0 Å². The van der Waals surface area contributed by atoms with Crippen molar-refractivity contribution >= 4 is 23.2 Å². The average Bonchev–Trinajstić information content (AvgIpc) is 1.69. The van der Waals surface area contributed by atoms with Crippen LogP contribution in [0.2, 0.25) is 10.0 Å². The fraction of sp³-hybridized carbons (Fsp3) is 0.412. The number of nitrogens with zero attached hydrogens (tertiary/aromatic N) is 8. The van der Waals surface area contributed by atoms with Crippen LogP contribution in [0, 0.1) is 17.5 Å². The number of ether oxygens (including phenoxy) is 4. The number of halogens is 5. The molecule has 4 aliphatic heterocycles. The standard InChI is InChI=1S/2C17H19ClN2O6.C17H18F2N2O6.C17H19FN2O6/c18-11-3-1-10(2-4-11)5-7-19-13(22)6-8-20(17(19)25)16-15(24)14(23)12(9-21)26-16;18-11-3-1-2-10(8-11)4-6-19-13(22)5-7-20(17(19)25)16-15(24)14(23)12(9-21)26-16;18-10-2-1-9(11(19)7-10)3-5-20-13(23)4-6-21(17(20)26)16-15(25)14(24)12(8-22)27-16;18-11-4-2-1-3-10(11)5-7-19-13(22)6-8-20(17(19)25)16-15(24)14(23)12(9-21)26-16/h1-4,6,8,12,14-16,21,23-24H,5,7,9H2;1-3,5,7-8,12,14-16,21,23-24H,4,6,9H2;1-2,4,6-7,12,14-16,22,24-25H,3,5,8H2;1-4,6,8,12,14-16,21,23-24H,5,7,9H2/t4*12-,14+,15?,16-/m1111/s1. The SMILES string of the molecule is O=c1ccn([C@@H]2O[C@H](CO)[C@H](O)C2O)c(=O)n1CCc1ccc(Cl)cc1.O=c1ccn([C@@H]2O[C@H](CO)[C@H](O)C2O)c(=O)n1CCc1ccc(F)cc1F.O=c1ccn([C@@H]2O[C@H](CO)[C@H](O)C2O)c(=O)n1CCc1cccc(Cl)c1.O=c1ccn([C@@H]2O[C@H](CO)[C@H](O)C2O)c(=O)n1CCc1ccccc1F. The third-order valence-electron chi connectivity index (χ3n) is 17.8. The van der Waals surface area contributed by atoms with Crippen molar-refractivity contribution in [3.05, 3.63) is 273 Å². The fourth-order valence-electron chi connectivity index (χ4n) is 11.9. The average molecular weight is 1520 g/mol. The lowest BCUT2D eigenvalue weighted by Gasteiger charge is -2.18. The number of hydrogen-bond donors (Lipinski definition) is 12. The van der Waals surface area contributed by atoms with E-state index in [1.54, 1.807) is 60.7 Å². The van der Waals surface area contributed by atoms with Crippen LogP contribution >= 0.6 is 23.2 Å².